The molecule has 0 spiro atoms. The SMILES string of the molecule is O=C(Nc1ccccc1Sc1ccc(Cl)cc1)c1ccn(COc2ccccc2Cl)n1. The van der Waals surface area contributed by atoms with Crippen LogP contribution in [0.5, 0.6) is 5.75 Å². The zero-order valence-corrected chi connectivity index (χ0v) is 18.5. The zero-order valence-electron chi connectivity index (χ0n) is 16.2. The minimum Gasteiger partial charge on any atom is -0.470 e. The van der Waals surface area contributed by atoms with Gasteiger partial charge in [-0.25, -0.2) is 4.68 Å². The topological polar surface area (TPSA) is 56.2 Å². The second kappa shape index (κ2) is 9.92. The van der Waals surface area contributed by atoms with Crippen molar-refractivity contribution in [1.82, 2.24) is 9.78 Å². The fourth-order valence-electron chi connectivity index (χ4n) is 2.73. The molecule has 0 unspecified atom stereocenters. The van der Waals surface area contributed by atoms with Gasteiger partial charge in [-0.05, 0) is 54.6 Å². The van der Waals surface area contributed by atoms with Crippen LogP contribution < -0.4 is 10.1 Å². The first-order chi connectivity index (χ1) is 15.1. The maximum Gasteiger partial charge on any atom is 0.276 e. The highest BCUT2D eigenvalue weighted by Crippen LogP contribution is 2.34. The van der Waals surface area contributed by atoms with E-state index in [-0.39, 0.29) is 18.3 Å². The molecule has 1 aromatic heterocycles. The van der Waals surface area contributed by atoms with Gasteiger partial charge >= 0.3 is 0 Å². The molecule has 1 N–H and O–H groups in total. The lowest BCUT2D eigenvalue weighted by molar-refractivity contribution is 0.102. The highest BCUT2D eigenvalue weighted by molar-refractivity contribution is 7.99. The molecule has 0 bridgehead atoms. The highest BCUT2D eigenvalue weighted by atomic mass is 35.5. The number of amides is 1. The maximum atomic E-state index is 12.7. The van der Waals surface area contributed by atoms with Crippen molar-refractivity contribution in [3.8, 4) is 5.75 Å². The van der Waals surface area contributed by atoms with Gasteiger partial charge in [0, 0.05) is 21.0 Å². The summed E-state index contributed by atoms with van der Waals surface area (Å²) in [6.45, 7) is 0.139. The minimum absolute atomic E-state index is 0.139. The van der Waals surface area contributed by atoms with Gasteiger partial charge in [-0.2, -0.15) is 5.10 Å². The Bertz CT molecular complexity index is 1200. The third-order valence-corrected chi connectivity index (χ3v) is 5.89. The first-order valence-electron chi connectivity index (χ1n) is 9.33. The highest BCUT2D eigenvalue weighted by Gasteiger charge is 2.13. The van der Waals surface area contributed by atoms with Crippen molar-refractivity contribution in [1.29, 1.82) is 0 Å². The quantitative estimate of drug-likeness (QED) is 0.329. The molecule has 1 heterocycles. The summed E-state index contributed by atoms with van der Waals surface area (Å²) in [6, 6.07) is 24.0. The second-order valence-electron chi connectivity index (χ2n) is 6.45. The molecule has 0 aliphatic heterocycles. The standard InChI is InChI=1S/C23H17Cl2N3O2S/c24-16-9-11-17(12-10-16)31-22-8-4-2-6-19(22)26-23(29)20-13-14-28(27-20)15-30-21-7-3-1-5-18(21)25/h1-14H,15H2,(H,26,29). The van der Waals surface area contributed by atoms with E-state index in [0.717, 1.165) is 9.79 Å². The molecule has 4 aromatic rings. The van der Waals surface area contributed by atoms with Crippen LogP contribution in [0.2, 0.25) is 10.0 Å². The van der Waals surface area contributed by atoms with Crippen LogP contribution in [0.3, 0.4) is 0 Å². The Labute approximate surface area is 193 Å². The Kier molecular flexibility index (Phi) is 6.82. The number of rotatable bonds is 7. The van der Waals surface area contributed by atoms with Gasteiger partial charge in [-0.1, -0.05) is 59.2 Å². The van der Waals surface area contributed by atoms with Gasteiger partial charge in [0.05, 0.1) is 10.7 Å². The Morgan fingerprint density at radius 2 is 1.71 bits per heavy atom. The number of halogens is 2. The predicted molar refractivity (Wildman–Crippen MR) is 124 cm³/mol. The molecule has 31 heavy (non-hydrogen) atoms. The number of anilines is 1. The lowest BCUT2D eigenvalue weighted by atomic mass is 10.3. The Hall–Kier alpha value is -2.93. The van der Waals surface area contributed by atoms with E-state index < -0.39 is 0 Å². The first-order valence-corrected chi connectivity index (χ1v) is 10.9. The van der Waals surface area contributed by atoms with Crippen molar-refractivity contribution >= 4 is 46.6 Å². The molecule has 156 valence electrons. The van der Waals surface area contributed by atoms with Crippen molar-refractivity contribution in [2.24, 2.45) is 0 Å². The van der Waals surface area contributed by atoms with Gasteiger partial charge in [0.15, 0.2) is 12.4 Å². The van der Waals surface area contributed by atoms with Crippen molar-refractivity contribution in [3.05, 3.63) is 101 Å². The smallest absolute Gasteiger partial charge is 0.276 e. The average Bonchev–Trinajstić information content (AvgIpc) is 3.25. The summed E-state index contributed by atoms with van der Waals surface area (Å²) >= 11 is 13.6. The van der Waals surface area contributed by atoms with Gasteiger partial charge in [0.2, 0.25) is 0 Å². The summed E-state index contributed by atoms with van der Waals surface area (Å²) < 4.78 is 7.19. The molecule has 3 aromatic carbocycles. The molecule has 0 aliphatic carbocycles. The van der Waals surface area contributed by atoms with Crippen LogP contribution in [0.15, 0.2) is 94.9 Å². The van der Waals surface area contributed by atoms with Crippen molar-refractivity contribution < 1.29 is 9.53 Å². The molecule has 0 fully saturated rings. The van der Waals surface area contributed by atoms with Crippen LogP contribution in [0, 0.1) is 0 Å². The van der Waals surface area contributed by atoms with Crippen LogP contribution >= 0.6 is 35.0 Å². The molecule has 8 heteroatoms. The Balaban J connectivity index is 1.42. The van der Waals surface area contributed by atoms with E-state index in [2.05, 4.69) is 10.4 Å². The van der Waals surface area contributed by atoms with E-state index in [1.807, 2.05) is 60.7 Å². The molecule has 0 atom stereocenters. The Morgan fingerprint density at radius 3 is 2.52 bits per heavy atom. The minimum atomic E-state index is -0.305. The predicted octanol–water partition coefficient (Wildman–Crippen LogP) is 6.63. The van der Waals surface area contributed by atoms with E-state index in [1.54, 1.807) is 36.2 Å². The van der Waals surface area contributed by atoms with Crippen molar-refractivity contribution in [3.63, 3.8) is 0 Å². The molecule has 5 nitrogen and oxygen atoms in total. The van der Waals surface area contributed by atoms with E-state index in [0.29, 0.717) is 21.5 Å². The summed E-state index contributed by atoms with van der Waals surface area (Å²) in [5.41, 5.74) is 0.989. The van der Waals surface area contributed by atoms with Crippen LogP contribution in [0.4, 0.5) is 5.69 Å². The number of carbonyl (C=O) groups is 1. The van der Waals surface area contributed by atoms with Crippen molar-refractivity contribution in [2.75, 3.05) is 5.32 Å². The fraction of sp³-hybridized carbons (Fsp3) is 0.0435. The third-order valence-electron chi connectivity index (χ3n) is 4.24. The summed E-state index contributed by atoms with van der Waals surface area (Å²) in [5.74, 6) is 0.250. The van der Waals surface area contributed by atoms with Crippen LogP contribution in [-0.2, 0) is 6.73 Å². The molecular formula is C23H17Cl2N3O2S. The van der Waals surface area contributed by atoms with E-state index >= 15 is 0 Å². The molecular weight excluding hydrogens is 453 g/mol. The Morgan fingerprint density at radius 1 is 0.968 bits per heavy atom. The van der Waals surface area contributed by atoms with Gasteiger partial charge in [0.1, 0.15) is 5.75 Å². The van der Waals surface area contributed by atoms with Gasteiger partial charge in [-0.3, -0.25) is 4.79 Å². The number of carbonyl (C=O) groups excluding carboxylic acids is 1. The van der Waals surface area contributed by atoms with Crippen LogP contribution in [0.1, 0.15) is 10.5 Å². The summed E-state index contributed by atoms with van der Waals surface area (Å²) in [5, 5.41) is 8.42. The second-order valence-corrected chi connectivity index (χ2v) is 8.41. The molecule has 4 rings (SSSR count). The monoisotopic (exact) mass is 469 g/mol. The number of para-hydroxylation sites is 2. The average molecular weight is 470 g/mol. The lowest BCUT2D eigenvalue weighted by Gasteiger charge is -2.10. The fourth-order valence-corrected chi connectivity index (χ4v) is 3.95. The molecule has 0 saturated carbocycles. The largest absolute Gasteiger partial charge is 0.470 e. The molecule has 0 radical (unpaired) electrons. The number of aromatic nitrogens is 2. The number of benzene rings is 3. The maximum absolute atomic E-state index is 12.7. The molecule has 0 saturated heterocycles. The number of nitrogens with zero attached hydrogens (tertiary/aromatic N) is 2. The van der Waals surface area contributed by atoms with E-state index in [1.165, 1.54) is 4.68 Å². The van der Waals surface area contributed by atoms with Gasteiger partial charge < -0.3 is 10.1 Å². The van der Waals surface area contributed by atoms with Crippen LogP contribution in [-0.4, -0.2) is 15.7 Å². The van der Waals surface area contributed by atoms with Crippen LogP contribution in [0.25, 0.3) is 0 Å². The summed E-state index contributed by atoms with van der Waals surface area (Å²) in [7, 11) is 0. The van der Waals surface area contributed by atoms with Gasteiger partial charge in [-0.15, -0.1) is 0 Å². The number of hydrogen-bond acceptors (Lipinski definition) is 4. The van der Waals surface area contributed by atoms with E-state index in [9.17, 15) is 4.79 Å². The normalized spacial score (nSPS) is 10.6. The first kappa shape index (κ1) is 21.3. The number of nitrogens with one attached hydrogen (secondary N) is 1. The molecule has 1 amide bonds. The zero-order chi connectivity index (χ0) is 21.6. The van der Waals surface area contributed by atoms with Crippen molar-refractivity contribution in [2.45, 2.75) is 16.5 Å². The third kappa shape index (κ3) is 5.61. The van der Waals surface area contributed by atoms with Gasteiger partial charge in [0.25, 0.3) is 5.91 Å². The number of ether oxygens (including phenoxy) is 1. The van der Waals surface area contributed by atoms with E-state index in [4.69, 9.17) is 27.9 Å². The molecule has 0 aliphatic rings. The summed E-state index contributed by atoms with van der Waals surface area (Å²) in [4.78, 5) is 14.7. The summed E-state index contributed by atoms with van der Waals surface area (Å²) in [6.07, 6.45) is 1.68. The lowest BCUT2D eigenvalue weighted by Crippen LogP contribution is -2.14. The number of hydrogen-bond donors (Lipinski definition) is 1.